The lowest BCUT2D eigenvalue weighted by Crippen LogP contribution is -2.39. The van der Waals surface area contributed by atoms with E-state index in [1.54, 1.807) is 38.0 Å². The van der Waals surface area contributed by atoms with Gasteiger partial charge in [-0.3, -0.25) is 4.98 Å². The van der Waals surface area contributed by atoms with Crippen LogP contribution in [0.5, 0.6) is 0 Å². The molecule has 0 radical (unpaired) electrons. The third-order valence-electron chi connectivity index (χ3n) is 8.85. The number of ether oxygens (including phenoxy) is 2. The maximum absolute atomic E-state index is 11.0. The Morgan fingerprint density at radius 1 is 1.18 bits per heavy atom. The van der Waals surface area contributed by atoms with Gasteiger partial charge in [-0.05, 0) is 61.6 Å². The zero-order chi connectivity index (χ0) is 28.2. The average molecular weight is 566 g/mol. The van der Waals surface area contributed by atoms with Crippen LogP contribution in [0.2, 0.25) is 0 Å². The first-order valence-electron chi connectivity index (χ1n) is 13.4. The molecule has 0 amide bonds. The summed E-state index contributed by atoms with van der Waals surface area (Å²) in [6.45, 7) is 4.46. The van der Waals surface area contributed by atoms with E-state index in [1.807, 2.05) is 32.1 Å². The minimum Gasteiger partial charge on any atom is -0.497 e. The van der Waals surface area contributed by atoms with E-state index in [0.29, 0.717) is 31.0 Å². The number of hydrogen-bond acceptors (Lipinski definition) is 11. The van der Waals surface area contributed by atoms with Gasteiger partial charge in [0.1, 0.15) is 39.6 Å². The third-order valence-corrected chi connectivity index (χ3v) is 9.90. The highest BCUT2D eigenvalue weighted by molar-refractivity contribution is 7.21. The van der Waals surface area contributed by atoms with Gasteiger partial charge >= 0.3 is 0 Å². The van der Waals surface area contributed by atoms with E-state index in [2.05, 4.69) is 15.6 Å². The molecule has 6 rings (SSSR count). The summed E-state index contributed by atoms with van der Waals surface area (Å²) in [7, 11) is 3.33. The number of methoxy groups -OCH3 is 2. The van der Waals surface area contributed by atoms with Gasteiger partial charge in [0.05, 0.1) is 42.3 Å². The van der Waals surface area contributed by atoms with Gasteiger partial charge in [-0.1, -0.05) is 0 Å². The fourth-order valence-electron chi connectivity index (χ4n) is 6.19. The molecule has 5 unspecified atom stereocenters. The minimum absolute atomic E-state index is 0.0550. The van der Waals surface area contributed by atoms with Gasteiger partial charge in [-0.25, -0.2) is 9.97 Å². The number of thiazole rings is 1. The summed E-state index contributed by atoms with van der Waals surface area (Å²) in [6.07, 6.45) is 7.99. The molecule has 0 aromatic carbocycles. The van der Waals surface area contributed by atoms with Crippen LogP contribution in [-0.2, 0) is 9.47 Å². The summed E-state index contributed by atoms with van der Waals surface area (Å²) in [6, 6.07) is 1.47. The third kappa shape index (κ3) is 4.36. The molecule has 0 spiro atoms. The first-order chi connectivity index (χ1) is 19.2. The zero-order valence-electron chi connectivity index (χ0n) is 23.1. The second kappa shape index (κ2) is 10.1. The molecule has 0 bridgehead atoms. The molecule has 0 aliphatic heterocycles. The van der Waals surface area contributed by atoms with Crippen molar-refractivity contribution in [3.05, 3.63) is 53.1 Å². The number of fused-ring (bicyclic) bond motifs is 2. The number of aliphatic hydroxyl groups is 3. The fourth-order valence-corrected chi connectivity index (χ4v) is 7.23. The van der Waals surface area contributed by atoms with Crippen molar-refractivity contribution in [3.8, 4) is 10.6 Å². The highest BCUT2D eigenvalue weighted by Crippen LogP contribution is 2.66. The zero-order valence-corrected chi connectivity index (χ0v) is 23.9. The SMILES string of the molecule is COC1=CC(OC)CC(CNc2nc(NC3CC4(CO)CC4(O)C3O)c(-c3nc4cnccc4s3)c(C)c2C)=C1. The van der Waals surface area contributed by atoms with Crippen LogP contribution in [0.15, 0.2) is 41.9 Å². The molecule has 2 saturated carbocycles. The number of aromatic nitrogens is 3. The van der Waals surface area contributed by atoms with Gasteiger partial charge in [0.25, 0.3) is 0 Å². The normalized spacial score (nSPS) is 29.1. The van der Waals surface area contributed by atoms with E-state index in [-0.39, 0.29) is 12.7 Å². The summed E-state index contributed by atoms with van der Waals surface area (Å²) in [5.74, 6) is 2.05. The van der Waals surface area contributed by atoms with Crippen LogP contribution < -0.4 is 10.6 Å². The first-order valence-corrected chi connectivity index (χ1v) is 14.3. The smallest absolute Gasteiger partial charge is 0.139 e. The molecule has 3 aromatic heterocycles. The molecule has 40 heavy (non-hydrogen) atoms. The lowest BCUT2D eigenvalue weighted by atomic mass is 10.0. The molecule has 3 aliphatic rings. The Balaban J connectivity index is 1.36. The van der Waals surface area contributed by atoms with Gasteiger partial charge < -0.3 is 35.4 Å². The molecule has 3 aromatic rings. The second-order valence-electron chi connectivity index (χ2n) is 11.1. The second-order valence-corrected chi connectivity index (χ2v) is 12.2. The highest BCUT2D eigenvalue weighted by atomic mass is 32.1. The van der Waals surface area contributed by atoms with Crippen molar-refractivity contribution in [2.75, 3.05) is 38.0 Å². The largest absolute Gasteiger partial charge is 0.497 e. The van der Waals surface area contributed by atoms with Gasteiger partial charge in [0.15, 0.2) is 0 Å². The summed E-state index contributed by atoms with van der Waals surface area (Å²) in [4.78, 5) is 14.1. The Morgan fingerprint density at radius 2 is 2.00 bits per heavy atom. The number of aliphatic hydroxyl groups excluding tert-OH is 2. The predicted octanol–water partition coefficient (Wildman–Crippen LogP) is 3.32. The van der Waals surface area contributed by atoms with Crippen LogP contribution in [-0.4, -0.2) is 81.5 Å². The van der Waals surface area contributed by atoms with E-state index in [1.165, 1.54) is 0 Å². The van der Waals surface area contributed by atoms with E-state index in [0.717, 1.165) is 49.7 Å². The van der Waals surface area contributed by atoms with Crippen LogP contribution in [0.25, 0.3) is 20.8 Å². The Kier molecular flexibility index (Phi) is 6.82. The lowest BCUT2D eigenvalue weighted by Gasteiger charge is -2.26. The van der Waals surface area contributed by atoms with Crippen LogP contribution in [0.1, 0.15) is 30.4 Å². The maximum Gasteiger partial charge on any atom is 0.139 e. The number of allylic oxidation sites excluding steroid dienone is 1. The molecule has 2 fully saturated rings. The van der Waals surface area contributed by atoms with Crippen LogP contribution >= 0.6 is 11.3 Å². The number of pyridine rings is 2. The number of nitrogens with one attached hydrogen (secondary N) is 2. The lowest BCUT2D eigenvalue weighted by molar-refractivity contribution is -0.0111. The van der Waals surface area contributed by atoms with Crippen molar-refractivity contribution in [2.24, 2.45) is 5.41 Å². The number of anilines is 2. The molecule has 0 saturated heterocycles. The van der Waals surface area contributed by atoms with Crippen LogP contribution in [0.3, 0.4) is 0 Å². The Bertz CT molecular complexity index is 1490. The molecule has 5 atom stereocenters. The average Bonchev–Trinajstić information content (AvgIpc) is 3.24. The van der Waals surface area contributed by atoms with Gasteiger partial charge in [0.2, 0.25) is 0 Å². The molecule has 5 N–H and O–H groups in total. The molecule has 10 nitrogen and oxygen atoms in total. The van der Waals surface area contributed by atoms with Crippen molar-refractivity contribution in [3.63, 3.8) is 0 Å². The van der Waals surface area contributed by atoms with Crippen LogP contribution in [0.4, 0.5) is 11.6 Å². The first kappa shape index (κ1) is 27.1. The van der Waals surface area contributed by atoms with Gasteiger partial charge in [-0.2, -0.15) is 0 Å². The number of rotatable bonds is 9. The van der Waals surface area contributed by atoms with Crippen molar-refractivity contribution < 1.29 is 24.8 Å². The summed E-state index contributed by atoms with van der Waals surface area (Å²) in [5.41, 5.74) is 2.82. The van der Waals surface area contributed by atoms with Crippen molar-refractivity contribution >= 4 is 33.2 Å². The monoisotopic (exact) mass is 565 g/mol. The Hall–Kier alpha value is -3.09. The van der Waals surface area contributed by atoms with Gasteiger partial charge in [0, 0.05) is 31.7 Å². The topological polar surface area (TPSA) is 142 Å². The molecule has 11 heteroatoms. The Morgan fingerprint density at radius 3 is 2.70 bits per heavy atom. The molecular formula is C29H35N5O5S. The molecule has 3 aliphatic carbocycles. The van der Waals surface area contributed by atoms with E-state index in [4.69, 9.17) is 19.4 Å². The maximum atomic E-state index is 11.0. The molecular weight excluding hydrogens is 530 g/mol. The van der Waals surface area contributed by atoms with Crippen LogP contribution in [0, 0.1) is 19.3 Å². The van der Waals surface area contributed by atoms with E-state index >= 15 is 0 Å². The van der Waals surface area contributed by atoms with Crippen molar-refractivity contribution in [1.29, 1.82) is 0 Å². The minimum atomic E-state index is -1.28. The molecule has 3 heterocycles. The summed E-state index contributed by atoms with van der Waals surface area (Å²) < 4.78 is 12.0. The van der Waals surface area contributed by atoms with Crippen molar-refractivity contribution in [2.45, 2.75) is 57.0 Å². The van der Waals surface area contributed by atoms with E-state index < -0.39 is 23.2 Å². The number of hydrogen-bond donors (Lipinski definition) is 5. The Labute approximate surface area is 236 Å². The molecule has 212 valence electrons. The summed E-state index contributed by atoms with van der Waals surface area (Å²) in [5, 5.41) is 39.7. The standard InChI is InChI=1S/C29H35N5O5S/c1-15-16(2)25(31-11-17-7-18(38-3)9-19(8-17)39-4)34-26(23(15)27-33-21-12-30-6-5-22(21)40-27)32-20-10-28(14-35)13-29(28,37)24(20)36/h5-7,9,12,19-20,24,35-37H,8,10-11,13-14H2,1-4H3,(H2,31,32,34). The van der Waals surface area contributed by atoms with E-state index in [9.17, 15) is 15.3 Å². The predicted molar refractivity (Wildman–Crippen MR) is 154 cm³/mol. The highest BCUT2D eigenvalue weighted by Gasteiger charge is 2.76. The number of nitrogens with zero attached hydrogens (tertiary/aromatic N) is 3. The quantitative estimate of drug-likeness (QED) is 0.262. The van der Waals surface area contributed by atoms with Crippen molar-refractivity contribution in [1.82, 2.24) is 15.0 Å². The van der Waals surface area contributed by atoms with Gasteiger partial charge in [-0.15, -0.1) is 11.3 Å². The summed E-state index contributed by atoms with van der Waals surface area (Å²) >= 11 is 1.56. The fraction of sp³-hybridized carbons (Fsp3) is 0.483.